The van der Waals surface area contributed by atoms with Gasteiger partial charge in [-0.05, 0) is 53.8 Å². The largest absolute Gasteiger partial charge is 0.362 e. The summed E-state index contributed by atoms with van der Waals surface area (Å²) in [7, 11) is -2.16. The quantitative estimate of drug-likeness (QED) is 0.797. The van der Waals surface area contributed by atoms with Crippen molar-refractivity contribution in [3.8, 4) is 0 Å². The minimum absolute atomic E-state index is 0.0717. The molecule has 1 aliphatic carbocycles. The van der Waals surface area contributed by atoms with E-state index in [1.165, 1.54) is 23.3 Å². The molecule has 0 amide bonds. The number of halogens is 1. The second-order valence-electron chi connectivity index (χ2n) is 5.83. The van der Waals surface area contributed by atoms with Gasteiger partial charge in [-0.15, -0.1) is 0 Å². The van der Waals surface area contributed by atoms with Crippen LogP contribution < -0.4 is 10.5 Å². The van der Waals surface area contributed by atoms with Crippen LogP contribution in [0.2, 0.25) is 5.02 Å². The van der Waals surface area contributed by atoms with Gasteiger partial charge in [-0.25, -0.2) is 13.6 Å². The van der Waals surface area contributed by atoms with Crippen LogP contribution in [-0.4, -0.2) is 15.5 Å². The first kappa shape index (κ1) is 17.4. The smallest absolute Gasteiger partial charge is 0.238 e. The molecule has 3 rings (SSSR count). The van der Waals surface area contributed by atoms with E-state index in [0.717, 1.165) is 17.9 Å². The molecule has 2 atom stereocenters. The first-order valence-electron chi connectivity index (χ1n) is 7.58. The summed E-state index contributed by atoms with van der Waals surface area (Å²) in [5.41, 5.74) is 3.14. The molecule has 5 nitrogen and oxygen atoms in total. The number of rotatable bonds is 5. The van der Waals surface area contributed by atoms with Gasteiger partial charge >= 0.3 is 0 Å². The van der Waals surface area contributed by atoms with Gasteiger partial charge in [0.2, 0.25) is 10.0 Å². The molecule has 2 aromatic rings. The van der Waals surface area contributed by atoms with Crippen molar-refractivity contribution in [2.24, 2.45) is 5.14 Å². The Morgan fingerprint density at radius 1 is 1.29 bits per heavy atom. The summed E-state index contributed by atoms with van der Waals surface area (Å²) in [6.45, 7) is 0. The molecular formula is C17H19ClN2O3S. The van der Waals surface area contributed by atoms with Gasteiger partial charge in [0.25, 0.3) is 0 Å². The number of nitrogens with one attached hydrogen (secondary N) is 1. The number of sulfonamides is 1. The molecule has 0 saturated heterocycles. The number of benzene rings is 2. The lowest BCUT2D eigenvalue weighted by molar-refractivity contribution is 0.0623. The zero-order chi connectivity index (χ0) is 17.3. The molecule has 1 unspecified atom stereocenters. The van der Waals surface area contributed by atoms with Crippen molar-refractivity contribution in [1.82, 2.24) is 5.32 Å². The van der Waals surface area contributed by atoms with Crippen molar-refractivity contribution in [1.29, 1.82) is 0 Å². The van der Waals surface area contributed by atoms with Gasteiger partial charge in [-0.1, -0.05) is 29.8 Å². The molecule has 3 N–H and O–H groups in total. The Hall–Kier alpha value is -1.44. The summed E-state index contributed by atoms with van der Waals surface area (Å²) in [5, 5.41) is 9.38. The van der Waals surface area contributed by atoms with E-state index in [4.69, 9.17) is 21.5 Å². The minimum atomic E-state index is -3.75. The highest BCUT2D eigenvalue weighted by Crippen LogP contribution is 2.34. The highest BCUT2D eigenvalue weighted by Gasteiger charge is 2.26. The summed E-state index contributed by atoms with van der Waals surface area (Å²) in [6.07, 6.45) is 1.45. The molecule has 0 spiro atoms. The van der Waals surface area contributed by atoms with E-state index in [9.17, 15) is 8.42 Å². The number of hydrogen-bond acceptors (Lipinski definition) is 4. The van der Waals surface area contributed by atoms with E-state index >= 15 is 0 Å². The van der Waals surface area contributed by atoms with Crippen LogP contribution in [0, 0.1) is 0 Å². The fraction of sp³-hybridized carbons (Fsp3) is 0.294. The number of primary sulfonamides is 1. The zero-order valence-corrected chi connectivity index (χ0v) is 14.8. The Balaban J connectivity index is 1.85. The average molecular weight is 367 g/mol. The van der Waals surface area contributed by atoms with Crippen LogP contribution in [-0.2, 0) is 21.2 Å². The number of ether oxygens (including phenoxy) is 1. The lowest BCUT2D eigenvalue weighted by Gasteiger charge is -2.23. The molecule has 0 bridgehead atoms. The van der Waals surface area contributed by atoms with Crippen molar-refractivity contribution in [3.63, 3.8) is 0 Å². The summed E-state index contributed by atoms with van der Waals surface area (Å²) in [5.74, 6) is 0. The molecule has 0 fully saturated rings. The maximum absolute atomic E-state index is 11.5. The molecular weight excluding hydrogens is 348 g/mol. The van der Waals surface area contributed by atoms with Gasteiger partial charge < -0.3 is 4.74 Å². The molecule has 128 valence electrons. The molecule has 0 radical (unpaired) electrons. The second-order valence-corrected chi connectivity index (χ2v) is 7.83. The zero-order valence-electron chi connectivity index (χ0n) is 13.2. The number of hydrogen-bond donors (Lipinski definition) is 2. The maximum atomic E-state index is 11.5. The van der Waals surface area contributed by atoms with Crippen LogP contribution in [0.1, 0.15) is 35.4 Å². The topological polar surface area (TPSA) is 81.4 Å². The van der Waals surface area contributed by atoms with Gasteiger partial charge in [-0.3, -0.25) is 5.32 Å². The Morgan fingerprint density at radius 3 is 2.79 bits per heavy atom. The Bertz CT molecular complexity index is 855. The summed E-state index contributed by atoms with van der Waals surface area (Å²) in [4.78, 5) is 0.0717. The van der Waals surface area contributed by atoms with E-state index in [0.29, 0.717) is 5.56 Å². The third-order valence-electron chi connectivity index (χ3n) is 4.26. The lowest BCUT2D eigenvalue weighted by atomic mass is 10.1. The van der Waals surface area contributed by atoms with Gasteiger partial charge in [-0.2, -0.15) is 0 Å². The molecule has 0 aliphatic heterocycles. The highest BCUT2D eigenvalue weighted by atomic mass is 35.5. The SMILES string of the molecule is COC(N[C@@H]1CCc2cc(Cl)ccc21)c1cccc(S(N)(=O)=O)c1. The van der Waals surface area contributed by atoms with Gasteiger partial charge in [0.05, 0.1) is 4.90 Å². The van der Waals surface area contributed by atoms with Crippen molar-refractivity contribution in [2.75, 3.05) is 7.11 Å². The number of fused-ring (bicyclic) bond motifs is 1. The fourth-order valence-electron chi connectivity index (χ4n) is 3.10. The van der Waals surface area contributed by atoms with E-state index in [1.807, 2.05) is 24.3 Å². The number of methoxy groups -OCH3 is 1. The van der Waals surface area contributed by atoms with Crippen molar-refractivity contribution in [3.05, 3.63) is 64.2 Å². The predicted molar refractivity (Wildman–Crippen MR) is 93.2 cm³/mol. The number of nitrogens with two attached hydrogens (primary N) is 1. The molecule has 24 heavy (non-hydrogen) atoms. The van der Waals surface area contributed by atoms with Gasteiger partial charge in [0.15, 0.2) is 0 Å². The fourth-order valence-corrected chi connectivity index (χ4v) is 3.86. The normalized spacial score (nSPS) is 18.4. The van der Waals surface area contributed by atoms with Crippen LogP contribution in [0.3, 0.4) is 0 Å². The van der Waals surface area contributed by atoms with E-state index in [2.05, 4.69) is 5.32 Å². The Labute approximate surface area is 146 Å². The van der Waals surface area contributed by atoms with Crippen LogP contribution in [0.5, 0.6) is 0 Å². The Kier molecular flexibility index (Phi) is 4.94. The standard InChI is InChI=1S/C17H19ClN2O3S/c1-23-17(12-3-2-4-14(10-12)24(19,21)22)20-16-8-5-11-9-13(18)6-7-15(11)16/h2-4,6-7,9-10,16-17,20H,5,8H2,1H3,(H2,19,21,22)/t16-,17?/m1/s1. The van der Waals surface area contributed by atoms with Crippen LogP contribution in [0.15, 0.2) is 47.4 Å². The summed E-state index contributed by atoms with van der Waals surface area (Å²) < 4.78 is 28.6. The third kappa shape index (κ3) is 3.63. The third-order valence-corrected chi connectivity index (χ3v) is 5.41. The minimum Gasteiger partial charge on any atom is -0.362 e. The van der Waals surface area contributed by atoms with E-state index in [1.54, 1.807) is 13.2 Å². The van der Waals surface area contributed by atoms with Crippen molar-refractivity contribution < 1.29 is 13.2 Å². The predicted octanol–water partition coefficient (Wildman–Crippen LogP) is 2.91. The number of aryl methyl sites for hydroxylation is 1. The summed E-state index contributed by atoms with van der Waals surface area (Å²) in [6, 6.07) is 12.5. The van der Waals surface area contributed by atoms with Crippen LogP contribution >= 0.6 is 11.6 Å². The van der Waals surface area contributed by atoms with Gasteiger partial charge in [0.1, 0.15) is 6.23 Å². The monoisotopic (exact) mass is 366 g/mol. The molecule has 7 heteroatoms. The first-order chi connectivity index (χ1) is 11.4. The average Bonchev–Trinajstić information content (AvgIpc) is 2.93. The molecule has 0 aromatic heterocycles. The Morgan fingerprint density at radius 2 is 2.08 bits per heavy atom. The second kappa shape index (κ2) is 6.82. The van der Waals surface area contributed by atoms with Crippen molar-refractivity contribution >= 4 is 21.6 Å². The molecule has 2 aromatic carbocycles. The highest BCUT2D eigenvalue weighted by molar-refractivity contribution is 7.89. The van der Waals surface area contributed by atoms with Crippen LogP contribution in [0.4, 0.5) is 0 Å². The first-order valence-corrected chi connectivity index (χ1v) is 9.51. The summed E-state index contributed by atoms with van der Waals surface area (Å²) >= 11 is 6.05. The van der Waals surface area contributed by atoms with E-state index < -0.39 is 16.3 Å². The molecule has 0 saturated carbocycles. The molecule has 1 aliphatic rings. The van der Waals surface area contributed by atoms with Crippen LogP contribution in [0.25, 0.3) is 0 Å². The van der Waals surface area contributed by atoms with E-state index in [-0.39, 0.29) is 10.9 Å². The van der Waals surface area contributed by atoms with Gasteiger partial charge in [0, 0.05) is 18.2 Å². The maximum Gasteiger partial charge on any atom is 0.238 e. The lowest BCUT2D eigenvalue weighted by Crippen LogP contribution is -2.26. The van der Waals surface area contributed by atoms with Crippen molar-refractivity contribution in [2.45, 2.75) is 30.0 Å². The molecule has 0 heterocycles.